The van der Waals surface area contributed by atoms with Crippen molar-refractivity contribution in [2.75, 3.05) is 24.7 Å². The molecule has 0 unspecified atom stereocenters. The second kappa shape index (κ2) is 9.30. The zero-order valence-electron chi connectivity index (χ0n) is 13.6. The van der Waals surface area contributed by atoms with E-state index in [9.17, 15) is 9.59 Å². The highest BCUT2D eigenvalue weighted by molar-refractivity contribution is 6.34. The number of hydrogen-bond acceptors (Lipinski definition) is 4. The van der Waals surface area contributed by atoms with E-state index in [4.69, 9.17) is 32.7 Å². The second-order valence-electron chi connectivity index (χ2n) is 4.98. The highest BCUT2D eigenvalue weighted by atomic mass is 35.5. The largest absolute Gasteiger partial charge is 0.482 e. The molecular weight excluding hydrogens is 365 g/mol. The maximum absolute atomic E-state index is 12.6. The standard InChI is InChI=1S/C18H17Cl2NO4/c1-2-24-18(23)11-21(14-6-4-3-5-7-14)17(22)12-25-16-10-13(19)8-9-15(16)20/h3-10H,2,11-12H2,1H3. The molecule has 0 heterocycles. The van der Waals surface area contributed by atoms with Crippen molar-refractivity contribution in [1.82, 2.24) is 0 Å². The first-order valence-electron chi connectivity index (χ1n) is 7.60. The molecule has 0 fully saturated rings. The number of carbonyl (C=O) groups is 2. The van der Waals surface area contributed by atoms with E-state index >= 15 is 0 Å². The number of carbonyl (C=O) groups excluding carboxylic acids is 2. The number of ether oxygens (including phenoxy) is 2. The van der Waals surface area contributed by atoms with Gasteiger partial charge in [-0.1, -0.05) is 41.4 Å². The number of rotatable bonds is 7. The quantitative estimate of drug-likeness (QED) is 0.680. The summed E-state index contributed by atoms with van der Waals surface area (Å²) in [6.45, 7) is 1.44. The van der Waals surface area contributed by atoms with Gasteiger partial charge in [-0.3, -0.25) is 14.5 Å². The molecule has 0 aliphatic rings. The number of hydrogen-bond donors (Lipinski definition) is 0. The van der Waals surface area contributed by atoms with Gasteiger partial charge in [0.15, 0.2) is 6.61 Å². The Bertz CT molecular complexity index is 737. The molecule has 0 saturated carbocycles. The second-order valence-corrected chi connectivity index (χ2v) is 5.83. The third-order valence-corrected chi connectivity index (χ3v) is 3.75. The minimum Gasteiger partial charge on any atom is -0.482 e. The zero-order valence-corrected chi connectivity index (χ0v) is 15.1. The number of benzene rings is 2. The molecular formula is C18H17Cl2NO4. The van der Waals surface area contributed by atoms with Crippen molar-refractivity contribution in [3.63, 3.8) is 0 Å². The normalized spacial score (nSPS) is 10.2. The first-order valence-corrected chi connectivity index (χ1v) is 8.35. The van der Waals surface area contributed by atoms with Gasteiger partial charge >= 0.3 is 5.97 Å². The van der Waals surface area contributed by atoms with Gasteiger partial charge < -0.3 is 9.47 Å². The van der Waals surface area contributed by atoms with E-state index in [-0.39, 0.29) is 19.8 Å². The molecule has 2 rings (SSSR count). The lowest BCUT2D eigenvalue weighted by atomic mass is 10.3. The van der Waals surface area contributed by atoms with Gasteiger partial charge in [0, 0.05) is 16.8 Å². The molecule has 0 aliphatic heterocycles. The SMILES string of the molecule is CCOC(=O)CN(C(=O)COc1cc(Cl)ccc1Cl)c1ccccc1. The smallest absolute Gasteiger partial charge is 0.326 e. The molecule has 0 bridgehead atoms. The molecule has 0 spiro atoms. The van der Waals surface area contributed by atoms with Crippen molar-refractivity contribution in [3.05, 3.63) is 58.6 Å². The fourth-order valence-electron chi connectivity index (χ4n) is 2.07. The maximum Gasteiger partial charge on any atom is 0.326 e. The Morgan fingerprint density at radius 3 is 2.48 bits per heavy atom. The third-order valence-electron chi connectivity index (χ3n) is 3.21. The number of nitrogens with zero attached hydrogens (tertiary/aromatic N) is 1. The molecule has 132 valence electrons. The number of amides is 1. The predicted molar refractivity (Wildman–Crippen MR) is 97.4 cm³/mol. The molecule has 5 nitrogen and oxygen atoms in total. The topological polar surface area (TPSA) is 55.8 Å². The lowest BCUT2D eigenvalue weighted by Gasteiger charge is -2.22. The molecule has 0 aromatic heterocycles. The molecule has 0 radical (unpaired) electrons. The minimum atomic E-state index is -0.500. The Kier molecular flexibility index (Phi) is 7.10. The van der Waals surface area contributed by atoms with Crippen LogP contribution in [0, 0.1) is 0 Å². The Hall–Kier alpha value is -2.24. The third kappa shape index (κ3) is 5.66. The van der Waals surface area contributed by atoms with Crippen molar-refractivity contribution < 1.29 is 19.1 Å². The summed E-state index contributed by atoms with van der Waals surface area (Å²) < 4.78 is 10.4. The molecule has 0 N–H and O–H groups in total. The van der Waals surface area contributed by atoms with Crippen LogP contribution in [0.3, 0.4) is 0 Å². The Balaban J connectivity index is 2.12. The van der Waals surface area contributed by atoms with E-state index in [1.54, 1.807) is 43.3 Å². The van der Waals surface area contributed by atoms with Gasteiger partial charge in [0.2, 0.25) is 0 Å². The van der Waals surface area contributed by atoms with Gasteiger partial charge in [0.25, 0.3) is 5.91 Å². The van der Waals surface area contributed by atoms with E-state index in [2.05, 4.69) is 0 Å². The van der Waals surface area contributed by atoms with Gasteiger partial charge in [-0.05, 0) is 31.2 Å². The molecule has 0 atom stereocenters. The van der Waals surface area contributed by atoms with Crippen molar-refractivity contribution in [3.8, 4) is 5.75 Å². The lowest BCUT2D eigenvalue weighted by molar-refractivity contribution is -0.142. The van der Waals surface area contributed by atoms with Crippen molar-refractivity contribution in [1.29, 1.82) is 0 Å². The maximum atomic E-state index is 12.6. The molecule has 0 saturated heterocycles. The van der Waals surface area contributed by atoms with Crippen LogP contribution in [0.15, 0.2) is 48.5 Å². The zero-order chi connectivity index (χ0) is 18.2. The van der Waals surface area contributed by atoms with E-state index in [0.29, 0.717) is 21.5 Å². The first kappa shape index (κ1) is 19.1. The Labute approximate surface area is 156 Å². The summed E-state index contributed by atoms with van der Waals surface area (Å²) in [5, 5.41) is 0.784. The lowest BCUT2D eigenvalue weighted by Crippen LogP contribution is -2.39. The van der Waals surface area contributed by atoms with Crippen LogP contribution in [0.2, 0.25) is 10.0 Å². The van der Waals surface area contributed by atoms with Crippen LogP contribution >= 0.6 is 23.2 Å². The van der Waals surface area contributed by atoms with Crippen LogP contribution in [0.1, 0.15) is 6.92 Å². The van der Waals surface area contributed by atoms with E-state index in [0.717, 1.165) is 0 Å². The predicted octanol–water partition coefficient (Wildman–Crippen LogP) is 3.97. The Morgan fingerprint density at radius 1 is 1.08 bits per heavy atom. The van der Waals surface area contributed by atoms with Crippen LogP contribution in [0.5, 0.6) is 5.75 Å². The fourth-order valence-corrected chi connectivity index (χ4v) is 2.41. The van der Waals surface area contributed by atoms with Crippen LogP contribution in [0.25, 0.3) is 0 Å². The molecule has 2 aromatic carbocycles. The van der Waals surface area contributed by atoms with Crippen molar-refractivity contribution in [2.45, 2.75) is 6.92 Å². The summed E-state index contributed by atoms with van der Waals surface area (Å²) in [5.41, 5.74) is 0.571. The number of halogens is 2. The van der Waals surface area contributed by atoms with Crippen molar-refractivity contribution >= 4 is 40.8 Å². The van der Waals surface area contributed by atoms with Crippen LogP contribution in [-0.2, 0) is 14.3 Å². The van der Waals surface area contributed by atoms with Crippen LogP contribution < -0.4 is 9.64 Å². The molecule has 25 heavy (non-hydrogen) atoms. The minimum absolute atomic E-state index is 0.205. The van der Waals surface area contributed by atoms with Gasteiger partial charge in [-0.15, -0.1) is 0 Å². The van der Waals surface area contributed by atoms with E-state index < -0.39 is 11.9 Å². The van der Waals surface area contributed by atoms with Crippen LogP contribution in [-0.4, -0.2) is 31.6 Å². The monoisotopic (exact) mass is 381 g/mol. The summed E-state index contributed by atoms with van der Waals surface area (Å²) in [6.07, 6.45) is 0. The molecule has 1 amide bonds. The highest BCUT2D eigenvalue weighted by Crippen LogP contribution is 2.27. The Morgan fingerprint density at radius 2 is 1.80 bits per heavy atom. The number of esters is 1. The molecule has 7 heteroatoms. The molecule has 0 aliphatic carbocycles. The first-order chi connectivity index (χ1) is 12.0. The van der Waals surface area contributed by atoms with Gasteiger partial charge in [-0.25, -0.2) is 0 Å². The fraction of sp³-hybridized carbons (Fsp3) is 0.222. The van der Waals surface area contributed by atoms with Gasteiger partial charge in [0.05, 0.1) is 11.6 Å². The van der Waals surface area contributed by atoms with E-state index in [1.807, 2.05) is 6.07 Å². The highest BCUT2D eigenvalue weighted by Gasteiger charge is 2.20. The summed E-state index contributed by atoms with van der Waals surface area (Å²) in [6, 6.07) is 13.5. The van der Waals surface area contributed by atoms with Crippen molar-refractivity contribution in [2.24, 2.45) is 0 Å². The number of anilines is 1. The average molecular weight is 382 g/mol. The summed E-state index contributed by atoms with van der Waals surface area (Å²) in [5.74, 6) is -0.609. The summed E-state index contributed by atoms with van der Waals surface area (Å²) >= 11 is 11.9. The van der Waals surface area contributed by atoms with Gasteiger partial charge in [0.1, 0.15) is 12.3 Å². The van der Waals surface area contributed by atoms with E-state index in [1.165, 1.54) is 11.0 Å². The average Bonchev–Trinajstić information content (AvgIpc) is 2.61. The number of para-hydroxylation sites is 1. The molecule has 2 aromatic rings. The summed E-state index contributed by atoms with van der Waals surface area (Å²) in [4.78, 5) is 25.7. The van der Waals surface area contributed by atoms with Crippen LogP contribution in [0.4, 0.5) is 5.69 Å². The van der Waals surface area contributed by atoms with Gasteiger partial charge in [-0.2, -0.15) is 0 Å². The summed E-state index contributed by atoms with van der Waals surface area (Å²) in [7, 11) is 0.